The monoisotopic (exact) mass is 392 g/mol. The molecule has 0 aliphatic carbocycles. The van der Waals surface area contributed by atoms with Crippen molar-refractivity contribution in [3.8, 4) is 0 Å². The van der Waals surface area contributed by atoms with Crippen molar-refractivity contribution in [3.63, 3.8) is 0 Å². The molecule has 3 saturated heterocycles. The maximum absolute atomic E-state index is 13.1. The molecule has 2 aromatic rings. The van der Waals surface area contributed by atoms with Gasteiger partial charge in [-0.25, -0.2) is 9.69 Å². The Morgan fingerprint density at radius 1 is 1.03 bits per heavy atom. The Kier molecular flexibility index (Phi) is 3.67. The fraction of sp³-hybridized carbons (Fsp3) is 0.250. The van der Waals surface area contributed by atoms with E-state index in [1.165, 1.54) is 24.3 Å². The number of urea groups is 1. The molecule has 0 radical (unpaired) electrons. The van der Waals surface area contributed by atoms with Crippen molar-refractivity contribution in [1.82, 2.24) is 9.80 Å². The molecule has 3 aliphatic rings. The molecule has 5 rings (SSSR count). The number of hydrogen-bond donors (Lipinski definition) is 0. The molecule has 4 amide bonds. The lowest BCUT2D eigenvalue weighted by atomic mass is 10.1. The highest BCUT2D eigenvalue weighted by Gasteiger charge is 2.62. The van der Waals surface area contributed by atoms with Gasteiger partial charge < -0.3 is 9.80 Å². The number of fused-ring (bicyclic) bond motifs is 5. The summed E-state index contributed by atoms with van der Waals surface area (Å²) in [6.07, 6.45) is 0.578. The van der Waals surface area contributed by atoms with Gasteiger partial charge in [-0.3, -0.25) is 19.7 Å². The minimum Gasteiger partial charge on any atom is -0.331 e. The van der Waals surface area contributed by atoms with Crippen molar-refractivity contribution in [2.24, 2.45) is 0 Å². The molecular weight excluding hydrogens is 376 g/mol. The van der Waals surface area contributed by atoms with Gasteiger partial charge in [-0.05, 0) is 30.7 Å². The molecule has 0 aromatic heterocycles. The van der Waals surface area contributed by atoms with Gasteiger partial charge in [0.2, 0.25) is 0 Å². The summed E-state index contributed by atoms with van der Waals surface area (Å²) >= 11 is 0. The Labute approximate surface area is 165 Å². The largest absolute Gasteiger partial charge is 0.332 e. The zero-order valence-electron chi connectivity index (χ0n) is 15.2. The molecule has 29 heavy (non-hydrogen) atoms. The third-order valence-corrected chi connectivity index (χ3v) is 5.86. The first kappa shape index (κ1) is 17.4. The van der Waals surface area contributed by atoms with Gasteiger partial charge in [0.1, 0.15) is 6.04 Å². The highest BCUT2D eigenvalue weighted by atomic mass is 16.6. The number of rotatable bonds is 3. The number of imide groups is 1. The number of carbonyl (C=O) groups is 3. The number of hydrogen-bond acceptors (Lipinski definition) is 5. The van der Waals surface area contributed by atoms with Crippen LogP contribution in [0.2, 0.25) is 0 Å². The number of piperazine rings is 1. The smallest absolute Gasteiger partial charge is 0.331 e. The quantitative estimate of drug-likeness (QED) is 0.452. The Bertz CT molecular complexity index is 1040. The van der Waals surface area contributed by atoms with Crippen LogP contribution in [0, 0.1) is 10.1 Å². The summed E-state index contributed by atoms with van der Waals surface area (Å²) in [5, 5.41) is 10.8. The lowest BCUT2D eigenvalue weighted by Gasteiger charge is -2.34. The number of non-ortho nitro benzene ring substituents is 1. The van der Waals surface area contributed by atoms with Crippen molar-refractivity contribution in [2.75, 3.05) is 11.4 Å². The summed E-state index contributed by atoms with van der Waals surface area (Å²) in [5.74, 6) is -0.548. The van der Waals surface area contributed by atoms with E-state index in [1.807, 2.05) is 6.07 Å². The lowest BCUT2D eigenvalue weighted by molar-refractivity contribution is -0.384. The van der Waals surface area contributed by atoms with Gasteiger partial charge in [0.05, 0.1) is 22.7 Å². The van der Waals surface area contributed by atoms with Gasteiger partial charge >= 0.3 is 6.03 Å². The zero-order chi connectivity index (χ0) is 20.3. The Morgan fingerprint density at radius 3 is 2.38 bits per heavy atom. The lowest BCUT2D eigenvalue weighted by Crippen LogP contribution is -2.54. The first-order chi connectivity index (χ1) is 14.0. The van der Waals surface area contributed by atoms with E-state index in [-0.39, 0.29) is 23.7 Å². The second-order valence-corrected chi connectivity index (χ2v) is 7.36. The van der Waals surface area contributed by atoms with E-state index in [4.69, 9.17) is 0 Å². The number of amides is 4. The molecule has 9 heteroatoms. The van der Waals surface area contributed by atoms with Gasteiger partial charge in [-0.15, -0.1) is 0 Å². The Balaban J connectivity index is 1.43. The summed E-state index contributed by atoms with van der Waals surface area (Å²) in [4.78, 5) is 53.6. The van der Waals surface area contributed by atoms with Crippen LogP contribution in [0.25, 0.3) is 0 Å². The van der Waals surface area contributed by atoms with Gasteiger partial charge in [-0.2, -0.15) is 0 Å². The normalized spacial score (nSPS) is 25.0. The molecule has 0 unspecified atom stereocenters. The predicted octanol–water partition coefficient (Wildman–Crippen LogP) is 2.03. The van der Waals surface area contributed by atoms with Crippen LogP contribution in [0.15, 0.2) is 54.6 Å². The van der Waals surface area contributed by atoms with Crippen LogP contribution in [-0.4, -0.2) is 57.2 Å². The van der Waals surface area contributed by atoms with E-state index in [0.717, 1.165) is 4.90 Å². The fourth-order valence-corrected chi connectivity index (χ4v) is 4.60. The molecule has 0 saturated carbocycles. The van der Waals surface area contributed by atoms with Crippen molar-refractivity contribution in [2.45, 2.75) is 24.5 Å². The molecule has 2 aromatic carbocycles. The van der Waals surface area contributed by atoms with E-state index in [1.54, 1.807) is 34.1 Å². The third kappa shape index (κ3) is 2.43. The Morgan fingerprint density at radius 2 is 1.72 bits per heavy atom. The van der Waals surface area contributed by atoms with Crippen LogP contribution in [0.5, 0.6) is 0 Å². The topological polar surface area (TPSA) is 104 Å². The van der Waals surface area contributed by atoms with E-state index in [2.05, 4.69) is 0 Å². The predicted molar refractivity (Wildman–Crippen MR) is 101 cm³/mol. The Hall–Kier alpha value is -3.75. The highest BCUT2D eigenvalue weighted by Crippen LogP contribution is 2.42. The summed E-state index contributed by atoms with van der Waals surface area (Å²) in [6.45, 7) is 0.391. The van der Waals surface area contributed by atoms with Gasteiger partial charge in [-0.1, -0.05) is 18.2 Å². The SMILES string of the molecule is O=C1[C@H]2[C@@H]3C[C@@H](CN3C(=O)c3ccccc3)N2C(=O)N1c1ccc([N+](=O)[O-])cc1. The summed E-state index contributed by atoms with van der Waals surface area (Å²) in [5.41, 5.74) is 0.726. The number of nitro groups is 1. The number of nitro benzene ring substituents is 1. The molecule has 2 bridgehead atoms. The maximum Gasteiger partial charge on any atom is 0.332 e. The van der Waals surface area contributed by atoms with Crippen LogP contribution in [0.4, 0.5) is 16.2 Å². The van der Waals surface area contributed by atoms with Gasteiger partial charge in [0.25, 0.3) is 17.5 Å². The molecule has 146 valence electrons. The molecule has 0 spiro atoms. The van der Waals surface area contributed by atoms with Crippen molar-refractivity contribution < 1.29 is 19.3 Å². The van der Waals surface area contributed by atoms with Crippen LogP contribution >= 0.6 is 0 Å². The molecule has 3 aliphatic heterocycles. The molecule has 9 nitrogen and oxygen atoms in total. The average molecular weight is 392 g/mol. The van der Waals surface area contributed by atoms with E-state index in [0.29, 0.717) is 24.2 Å². The van der Waals surface area contributed by atoms with E-state index in [9.17, 15) is 24.5 Å². The molecule has 3 atom stereocenters. The molecule has 3 heterocycles. The number of carbonyl (C=O) groups excluding carboxylic acids is 3. The molecular formula is C20H16N4O5. The fourth-order valence-electron chi connectivity index (χ4n) is 4.60. The molecule has 0 N–H and O–H groups in total. The minimum absolute atomic E-state index is 0.118. The van der Waals surface area contributed by atoms with Crippen LogP contribution in [0.3, 0.4) is 0 Å². The van der Waals surface area contributed by atoms with Crippen molar-refractivity contribution in [1.29, 1.82) is 0 Å². The first-order valence-electron chi connectivity index (χ1n) is 9.24. The second kappa shape index (κ2) is 6.13. The van der Waals surface area contributed by atoms with Crippen LogP contribution in [0.1, 0.15) is 16.8 Å². The summed E-state index contributed by atoms with van der Waals surface area (Å²) < 4.78 is 0. The minimum atomic E-state index is -0.718. The maximum atomic E-state index is 13.1. The molecule has 3 fully saturated rings. The second-order valence-electron chi connectivity index (χ2n) is 7.36. The first-order valence-corrected chi connectivity index (χ1v) is 9.24. The van der Waals surface area contributed by atoms with Gasteiger partial charge in [0.15, 0.2) is 0 Å². The third-order valence-electron chi connectivity index (χ3n) is 5.86. The summed E-state index contributed by atoms with van der Waals surface area (Å²) in [7, 11) is 0. The van der Waals surface area contributed by atoms with Gasteiger partial charge in [0, 0.05) is 24.2 Å². The number of anilines is 1. The standard InChI is InChI=1S/C20H16N4O5/c25-18(12-4-2-1-3-5-12)21-11-15-10-16(21)17-19(26)23(20(27)22(15)17)13-6-8-14(9-7-13)24(28)29/h1-9,15-17H,10-11H2/t15-,16-,17+/m0/s1. The number of benzene rings is 2. The van der Waals surface area contributed by atoms with Crippen LogP contribution in [-0.2, 0) is 4.79 Å². The summed E-state index contributed by atoms with van der Waals surface area (Å²) in [6, 6.07) is 12.4. The number of likely N-dealkylation sites (tertiary alicyclic amines) is 1. The van der Waals surface area contributed by atoms with E-state index >= 15 is 0 Å². The van der Waals surface area contributed by atoms with Crippen molar-refractivity contribution in [3.05, 3.63) is 70.3 Å². The van der Waals surface area contributed by atoms with E-state index < -0.39 is 22.9 Å². The number of nitrogens with zero attached hydrogens (tertiary/aromatic N) is 4. The zero-order valence-corrected chi connectivity index (χ0v) is 15.2. The highest BCUT2D eigenvalue weighted by molar-refractivity contribution is 6.22. The average Bonchev–Trinajstić information content (AvgIpc) is 3.39. The van der Waals surface area contributed by atoms with Crippen LogP contribution < -0.4 is 4.90 Å². The van der Waals surface area contributed by atoms with Crippen molar-refractivity contribution >= 4 is 29.2 Å².